The van der Waals surface area contributed by atoms with Crippen LogP contribution in [0.4, 0.5) is 0 Å². The molecule has 0 radical (unpaired) electrons. The summed E-state index contributed by atoms with van der Waals surface area (Å²) < 4.78 is 5.18. The number of carbonyl (C=O) groups is 1. The minimum atomic E-state index is -1.24. The number of aliphatic hydroxyl groups is 1. The zero-order valence-electron chi connectivity index (χ0n) is 9.40. The molecular formula is C11H14BrNO3. The van der Waals surface area contributed by atoms with Gasteiger partial charge in [-0.2, -0.15) is 0 Å². The molecule has 0 aliphatic rings. The normalized spacial score (nSPS) is 13.3. The maximum atomic E-state index is 11.3. The Labute approximate surface area is 103 Å². The summed E-state index contributed by atoms with van der Waals surface area (Å²) >= 11 is 3.25. The average Bonchev–Trinajstić information content (AvgIpc) is 2.27. The van der Waals surface area contributed by atoms with Gasteiger partial charge in [-0.25, -0.2) is 9.78 Å². The van der Waals surface area contributed by atoms with Crippen molar-refractivity contribution in [3.05, 3.63) is 28.5 Å². The molecule has 1 aromatic heterocycles. The van der Waals surface area contributed by atoms with Crippen LogP contribution in [0.3, 0.4) is 0 Å². The van der Waals surface area contributed by atoms with Crippen LogP contribution in [0.1, 0.15) is 19.5 Å². The molecule has 0 spiro atoms. The number of carbonyl (C=O) groups excluding carboxylic acids is 1. The molecule has 0 bridgehead atoms. The number of hydrogen-bond acceptors (Lipinski definition) is 4. The largest absolute Gasteiger partial charge is 0.467 e. The van der Waals surface area contributed by atoms with Gasteiger partial charge in [-0.15, -0.1) is 0 Å². The second kappa shape index (κ2) is 4.93. The van der Waals surface area contributed by atoms with Gasteiger partial charge in [0.2, 0.25) is 0 Å². The first-order valence-electron chi connectivity index (χ1n) is 4.78. The molecule has 0 saturated heterocycles. The van der Waals surface area contributed by atoms with E-state index >= 15 is 0 Å². The maximum absolute atomic E-state index is 11.3. The van der Waals surface area contributed by atoms with Crippen molar-refractivity contribution in [2.75, 3.05) is 7.11 Å². The molecular weight excluding hydrogens is 274 g/mol. The molecule has 16 heavy (non-hydrogen) atoms. The van der Waals surface area contributed by atoms with Crippen molar-refractivity contribution >= 4 is 21.9 Å². The highest BCUT2D eigenvalue weighted by atomic mass is 79.9. The summed E-state index contributed by atoms with van der Waals surface area (Å²) in [6.45, 7) is 3.48. The summed E-state index contributed by atoms with van der Waals surface area (Å²) in [6.07, 6.45) is -1.24. The summed E-state index contributed by atoms with van der Waals surface area (Å²) in [7, 11) is 1.25. The van der Waals surface area contributed by atoms with E-state index in [1.807, 2.05) is 0 Å². The third kappa shape index (κ3) is 2.59. The molecule has 88 valence electrons. The van der Waals surface area contributed by atoms with Crippen molar-refractivity contribution in [2.45, 2.75) is 25.4 Å². The molecule has 1 N–H and O–H groups in total. The van der Waals surface area contributed by atoms with Gasteiger partial charge in [0.05, 0.1) is 12.8 Å². The number of ether oxygens (including phenoxy) is 1. The monoisotopic (exact) mass is 287 g/mol. The zero-order valence-corrected chi connectivity index (χ0v) is 11.0. The van der Waals surface area contributed by atoms with Crippen LogP contribution in [0.25, 0.3) is 0 Å². The molecule has 0 aromatic carbocycles. The maximum Gasteiger partial charge on any atom is 0.335 e. The molecule has 1 atom stereocenters. The van der Waals surface area contributed by atoms with E-state index in [1.54, 1.807) is 32.0 Å². The number of esters is 1. The first-order valence-corrected chi connectivity index (χ1v) is 5.58. The lowest BCUT2D eigenvalue weighted by Crippen LogP contribution is -2.41. The Morgan fingerprint density at radius 1 is 1.56 bits per heavy atom. The molecule has 4 nitrogen and oxygen atoms in total. The molecule has 0 saturated carbocycles. The van der Waals surface area contributed by atoms with E-state index in [0.29, 0.717) is 10.3 Å². The van der Waals surface area contributed by atoms with Crippen LogP contribution in [0.15, 0.2) is 22.8 Å². The standard InChI is InChI=1S/C11H14BrNO3/c1-11(2,9(14)10(15)16-3)7-5-4-6-8(12)13-7/h4-6,9,14H,1-3H3. The molecule has 0 aliphatic heterocycles. The van der Waals surface area contributed by atoms with E-state index in [2.05, 4.69) is 25.7 Å². The van der Waals surface area contributed by atoms with E-state index in [4.69, 9.17) is 0 Å². The summed E-state index contributed by atoms with van der Waals surface area (Å²) in [4.78, 5) is 15.5. The number of methoxy groups -OCH3 is 1. The second-order valence-corrected chi connectivity index (χ2v) is 4.81. The van der Waals surface area contributed by atoms with Gasteiger partial charge in [0.25, 0.3) is 0 Å². The van der Waals surface area contributed by atoms with Crippen LogP contribution in [-0.2, 0) is 14.9 Å². The molecule has 0 fully saturated rings. The van der Waals surface area contributed by atoms with Gasteiger partial charge in [-0.1, -0.05) is 19.9 Å². The Balaban J connectivity index is 3.05. The summed E-state index contributed by atoms with van der Waals surface area (Å²) in [5.74, 6) is -0.660. The topological polar surface area (TPSA) is 59.4 Å². The lowest BCUT2D eigenvalue weighted by atomic mass is 9.82. The molecule has 1 aromatic rings. The van der Waals surface area contributed by atoms with E-state index in [-0.39, 0.29) is 0 Å². The molecule has 1 rings (SSSR count). The fraction of sp³-hybridized carbons (Fsp3) is 0.455. The highest BCUT2D eigenvalue weighted by molar-refractivity contribution is 9.10. The van der Waals surface area contributed by atoms with E-state index < -0.39 is 17.5 Å². The van der Waals surface area contributed by atoms with Crippen molar-refractivity contribution in [2.24, 2.45) is 0 Å². The number of pyridine rings is 1. The van der Waals surface area contributed by atoms with Gasteiger partial charge in [-0.05, 0) is 28.1 Å². The summed E-state index contributed by atoms with van der Waals surface area (Å²) in [5, 5.41) is 9.86. The number of aromatic nitrogens is 1. The van der Waals surface area contributed by atoms with Crippen LogP contribution in [0.2, 0.25) is 0 Å². The first kappa shape index (κ1) is 13.1. The predicted molar refractivity (Wildman–Crippen MR) is 63.0 cm³/mol. The highest BCUT2D eigenvalue weighted by Crippen LogP contribution is 2.27. The van der Waals surface area contributed by atoms with Gasteiger partial charge in [0, 0.05) is 5.41 Å². The average molecular weight is 288 g/mol. The van der Waals surface area contributed by atoms with Crippen LogP contribution in [-0.4, -0.2) is 29.3 Å². The third-order valence-corrected chi connectivity index (χ3v) is 2.92. The number of halogens is 1. The van der Waals surface area contributed by atoms with Gasteiger partial charge in [0.1, 0.15) is 4.60 Å². The van der Waals surface area contributed by atoms with Crippen molar-refractivity contribution in [1.82, 2.24) is 4.98 Å². The molecule has 0 aliphatic carbocycles. The first-order chi connectivity index (χ1) is 7.39. The predicted octanol–water partition coefficient (Wildman–Crippen LogP) is 1.66. The molecule has 1 unspecified atom stereocenters. The van der Waals surface area contributed by atoms with Gasteiger partial charge >= 0.3 is 5.97 Å². The van der Waals surface area contributed by atoms with E-state index in [1.165, 1.54) is 7.11 Å². The second-order valence-electron chi connectivity index (χ2n) is 3.99. The fourth-order valence-electron chi connectivity index (χ4n) is 1.31. The summed E-state index contributed by atoms with van der Waals surface area (Å²) in [6, 6.07) is 5.35. The number of rotatable bonds is 3. The third-order valence-electron chi connectivity index (χ3n) is 2.48. The summed E-state index contributed by atoms with van der Waals surface area (Å²) in [5.41, 5.74) is -0.170. The van der Waals surface area contributed by atoms with Gasteiger partial charge < -0.3 is 9.84 Å². The van der Waals surface area contributed by atoms with Crippen molar-refractivity contribution < 1.29 is 14.6 Å². The fourth-order valence-corrected chi connectivity index (χ4v) is 1.66. The van der Waals surface area contributed by atoms with Crippen LogP contribution < -0.4 is 0 Å². The highest BCUT2D eigenvalue weighted by Gasteiger charge is 2.37. The number of nitrogens with zero attached hydrogens (tertiary/aromatic N) is 1. The number of aliphatic hydroxyl groups excluding tert-OH is 1. The molecule has 1 heterocycles. The van der Waals surface area contributed by atoms with Crippen molar-refractivity contribution in [3.8, 4) is 0 Å². The number of hydrogen-bond donors (Lipinski definition) is 1. The molecule has 5 heteroatoms. The Kier molecular flexibility index (Phi) is 4.04. The van der Waals surface area contributed by atoms with Gasteiger partial charge in [0.15, 0.2) is 6.10 Å². The Bertz CT molecular complexity index is 393. The SMILES string of the molecule is COC(=O)C(O)C(C)(C)c1cccc(Br)n1. The van der Waals surface area contributed by atoms with E-state index in [9.17, 15) is 9.90 Å². The Morgan fingerprint density at radius 2 is 2.19 bits per heavy atom. The smallest absolute Gasteiger partial charge is 0.335 e. The molecule has 0 amide bonds. The minimum Gasteiger partial charge on any atom is -0.467 e. The Hall–Kier alpha value is -0.940. The minimum absolute atomic E-state index is 0.625. The van der Waals surface area contributed by atoms with Crippen LogP contribution >= 0.6 is 15.9 Å². The lowest BCUT2D eigenvalue weighted by Gasteiger charge is -2.28. The van der Waals surface area contributed by atoms with Crippen LogP contribution in [0.5, 0.6) is 0 Å². The quantitative estimate of drug-likeness (QED) is 0.678. The van der Waals surface area contributed by atoms with Crippen molar-refractivity contribution in [1.29, 1.82) is 0 Å². The van der Waals surface area contributed by atoms with Crippen molar-refractivity contribution in [3.63, 3.8) is 0 Å². The van der Waals surface area contributed by atoms with E-state index in [0.717, 1.165) is 0 Å². The Morgan fingerprint density at radius 3 is 2.69 bits per heavy atom. The van der Waals surface area contributed by atoms with Crippen LogP contribution in [0, 0.1) is 0 Å². The lowest BCUT2D eigenvalue weighted by molar-refractivity contribution is -0.154. The zero-order chi connectivity index (χ0) is 12.3. The van der Waals surface area contributed by atoms with Gasteiger partial charge in [-0.3, -0.25) is 0 Å².